The molecule has 2 fully saturated rings. The number of nitrogens with two attached hydrogens (primary N) is 1. The first-order chi connectivity index (χ1) is 13.1. The predicted molar refractivity (Wildman–Crippen MR) is 105 cm³/mol. The second-order valence-electron chi connectivity index (χ2n) is 7.52. The molecular weight excluding hydrogens is 364 g/mol. The van der Waals surface area contributed by atoms with Gasteiger partial charge in [0.05, 0.1) is 5.75 Å². The second-order valence-corrected chi connectivity index (χ2v) is 8.46. The number of hydrogen-bond acceptors (Lipinski definition) is 6. The third kappa shape index (κ3) is 6.12. The van der Waals surface area contributed by atoms with E-state index in [1.165, 1.54) is 37.4 Å². The van der Waals surface area contributed by atoms with E-state index in [1.54, 1.807) is 4.57 Å². The van der Waals surface area contributed by atoms with Crippen LogP contribution in [0.25, 0.3) is 0 Å². The standard InChI is InChI=1S/C18H30N6O2S/c19-17-22-23-18(27-12-16(26)21-14-9-5-2-6-10-14)24(17)11-15(25)20-13-7-3-1-4-8-13/h13-14H,1-12H2,(H2,19,22)(H,20,25)(H,21,26). The van der Waals surface area contributed by atoms with Crippen LogP contribution in [0.15, 0.2) is 5.16 Å². The van der Waals surface area contributed by atoms with Gasteiger partial charge in [-0.25, -0.2) is 0 Å². The number of anilines is 1. The van der Waals surface area contributed by atoms with Gasteiger partial charge in [-0.15, -0.1) is 10.2 Å². The third-order valence-corrected chi connectivity index (χ3v) is 6.29. The van der Waals surface area contributed by atoms with E-state index in [9.17, 15) is 9.59 Å². The van der Waals surface area contributed by atoms with Crippen molar-refractivity contribution < 1.29 is 9.59 Å². The average molecular weight is 395 g/mol. The monoisotopic (exact) mass is 394 g/mol. The summed E-state index contributed by atoms with van der Waals surface area (Å²) in [5.41, 5.74) is 5.87. The first kappa shape index (κ1) is 20.0. The van der Waals surface area contributed by atoms with E-state index in [4.69, 9.17) is 5.73 Å². The zero-order valence-corrected chi connectivity index (χ0v) is 16.6. The van der Waals surface area contributed by atoms with Crippen LogP contribution in [-0.2, 0) is 16.1 Å². The van der Waals surface area contributed by atoms with Gasteiger partial charge in [0.1, 0.15) is 6.54 Å². The number of nitrogens with one attached hydrogen (secondary N) is 2. The van der Waals surface area contributed by atoms with Crippen LogP contribution >= 0.6 is 11.8 Å². The molecule has 0 bridgehead atoms. The molecule has 27 heavy (non-hydrogen) atoms. The van der Waals surface area contributed by atoms with Crippen LogP contribution in [0, 0.1) is 0 Å². The maximum absolute atomic E-state index is 12.4. The Morgan fingerprint density at radius 1 is 0.926 bits per heavy atom. The maximum Gasteiger partial charge on any atom is 0.240 e. The van der Waals surface area contributed by atoms with Crippen LogP contribution in [-0.4, -0.2) is 44.4 Å². The van der Waals surface area contributed by atoms with Gasteiger partial charge in [-0.3, -0.25) is 14.2 Å². The fraction of sp³-hybridized carbons (Fsp3) is 0.778. The quantitative estimate of drug-likeness (QED) is 0.608. The third-order valence-electron chi connectivity index (χ3n) is 5.32. The molecule has 4 N–H and O–H groups in total. The molecule has 0 unspecified atom stereocenters. The Labute approximate surface area is 164 Å². The Balaban J connectivity index is 1.48. The summed E-state index contributed by atoms with van der Waals surface area (Å²) in [6.07, 6.45) is 11.4. The van der Waals surface area contributed by atoms with Crippen LogP contribution in [0.3, 0.4) is 0 Å². The summed E-state index contributed by atoms with van der Waals surface area (Å²) >= 11 is 1.27. The molecule has 0 radical (unpaired) electrons. The summed E-state index contributed by atoms with van der Waals surface area (Å²) in [7, 11) is 0. The molecule has 8 nitrogen and oxygen atoms in total. The van der Waals surface area contributed by atoms with Gasteiger partial charge >= 0.3 is 0 Å². The molecular formula is C18H30N6O2S. The maximum atomic E-state index is 12.4. The molecule has 3 rings (SSSR count). The second kappa shape index (κ2) is 9.96. The molecule has 0 spiro atoms. The molecule has 1 aromatic rings. The summed E-state index contributed by atoms with van der Waals surface area (Å²) in [5.74, 6) is 0.358. The first-order valence-electron chi connectivity index (χ1n) is 10.0. The fourth-order valence-electron chi connectivity index (χ4n) is 3.87. The van der Waals surface area contributed by atoms with Gasteiger partial charge < -0.3 is 16.4 Å². The minimum atomic E-state index is -0.0816. The van der Waals surface area contributed by atoms with Crippen LogP contribution in [0.5, 0.6) is 0 Å². The number of nitrogens with zero attached hydrogens (tertiary/aromatic N) is 3. The van der Waals surface area contributed by atoms with Gasteiger partial charge in [0.15, 0.2) is 5.16 Å². The van der Waals surface area contributed by atoms with E-state index in [0.717, 1.165) is 38.5 Å². The molecule has 1 heterocycles. The lowest BCUT2D eigenvalue weighted by Gasteiger charge is -2.23. The fourth-order valence-corrected chi connectivity index (χ4v) is 4.62. The van der Waals surface area contributed by atoms with Gasteiger partial charge in [-0.2, -0.15) is 0 Å². The van der Waals surface area contributed by atoms with E-state index in [0.29, 0.717) is 5.16 Å². The number of carbonyl (C=O) groups excluding carboxylic acids is 2. The van der Waals surface area contributed by atoms with Crippen molar-refractivity contribution in [1.82, 2.24) is 25.4 Å². The minimum Gasteiger partial charge on any atom is -0.368 e. The first-order valence-corrected chi connectivity index (χ1v) is 11.0. The lowest BCUT2D eigenvalue weighted by atomic mass is 9.95. The van der Waals surface area contributed by atoms with Crippen molar-refractivity contribution in [1.29, 1.82) is 0 Å². The van der Waals surface area contributed by atoms with Crippen molar-refractivity contribution >= 4 is 29.5 Å². The Morgan fingerprint density at radius 3 is 2.07 bits per heavy atom. The van der Waals surface area contributed by atoms with Gasteiger partial charge in [0.2, 0.25) is 17.8 Å². The summed E-state index contributed by atoms with van der Waals surface area (Å²) in [4.78, 5) is 24.5. The summed E-state index contributed by atoms with van der Waals surface area (Å²) in [6, 6.07) is 0.539. The molecule has 0 aliphatic heterocycles. The van der Waals surface area contributed by atoms with Crippen molar-refractivity contribution in [3.63, 3.8) is 0 Å². The smallest absolute Gasteiger partial charge is 0.240 e. The number of amides is 2. The Bertz CT molecular complexity index is 638. The van der Waals surface area contributed by atoms with Crippen LogP contribution < -0.4 is 16.4 Å². The molecule has 0 atom stereocenters. The van der Waals surface area contributed by atoms with Gasteiger partial charge in [-0.05, 0) is 25.7 Å². The highest BCUT2D eigenvalue weighted by Gasteiger charge is 2.20. The minimum absolute atomic E-state index is 0.00771. The number of thioether (sulfide) groups is 1. The molecule has 9 heteroatoms. The molecule has 2 amide bonds. The Morgan fingerprint density at radius 2 is 1.48 bits per heavy atom. The normalized spacial score (nSPS) is 19.0. The van der Waals surface area contributed by atoms with Crippen molar-refractivity contribution in [2.75, 3.05) is 11.5 Å². The van der Waals surface area contributed by atoms with Crippen molar-refractivity contribution in [2.24, 2.45) is 0 Å². The zero-order valence-electron chi connectivity index (χ0n) is 15.8. The van der Waals surface area contributed by atoms with E-state index >= 15 is 0 Å². The number of hydrogen-bond donors (Lipinski definition) is 3. The molecule has 150 valence electrons. The Kier molecular flexibility index (Phi) is 7.37. The molecule has 2 saturated carbocycles. The van der Waals surface area contributed by atoms with Crippen LogP contribution in [0.1, 0.15) is 64.2 Å². The number of aromatic nitrogens is 3. The summed E-state index contributed by atoms with van der Waals surface area (Å²) < 4.78 is 1.58. The average Bonchev–Trinajstić information content (AvgIpc) is 3.01. The molecule has 1 aromatic heterocycles. The SMILES string of the molecule is Nc1nnc(SCC(=O)NC2CCCCC2)n1CC(=O)NC1CCCCC1. The number of carbonyl (C=O) groups is 2. The highest BCUT2D eigenvalue weighted by molar-refractivity contribution is 7.99. The lowest BCUT2D eigenvalue weighted by molar-refractivity contribution is -0.122. The Hall–Kier alpha value is -1.77. The van der Waals surface area contributed by atoms with E-state index < -0.39 is 0 Å². The van der Waals surface area contributed by atoms with Gasteiger partial charge in [0, 0.05) is 12.1 Å². The van der Waals surface area contributed by atoms with Gasteiger partial charge in [0.25, 0.3) is 0 Å². The largest absolute Gasteiger partial charge is 0.368 e. The lowest BCUT2D eigenvalue weighted by Crippen LogP contribution is -2.38. The van der Waals surface area contributed by atoms with Crippen molar-refractivity contribution in [2.45, 2.75) is 88.0 Å². The molecule has 0 saturated heterocycles. The van der Waals surface area contributed by atoms with E-state index in [1.807, 2.05) is 0 Å². The zero-order chi connectivity index (χ0) is 19.1. The number of rotatable bonds is 7. The van der Waals surface area contributed by atoms with Crippen molar-refractivity contribution in [3.05, 3.63) is 0 Å². The van der Waals surface area contributed by atoms with E-state index in [2.05, 4.69) is 20.8 Å². The van der Waals surface area contributed by atoms with Crippen LogP contribution in [0.4, 0.5) is 5.95 Å². The molecule has 2 aliphatic carbocycles. The van der Waals surface area contributed by atoms with E-state index in [-0.39, 0.29) is 42.1 Å². The summed E-state index contributed by atoms with van der Waals surface area (Å²) in [6.45, 7) is 0.0852. The predicted octanol–water partition coefficient (Wildman–Crippen LogP) is 1.85. The highest BCUT2D eigenvalue weighted by Crippen LogP contribution is 2.21. The van der Waals surface area contributed by atoms with Crippen molar-refractivity contribution in [3.8, 4) is 0 Å². The topological polar surface area (TPSA) is 115 Å². The number of nitrogen functional groups attached to an aromatic ring is 1. The van der Waals surface area contributed by atoms with Crippen LogP contribution in [0.2, 0.25) is 0 Å². The van der Waals surface area contributed by atoms with Gasteiger partial charge in [-0.1, -0.05) is 50.3 Å². The molecule has 0 aromatic carbocycles. The highest BCUT2D eigenvalue weighted by atomic mass is 32.2. The summed E-state index contributed by atoms with van der Waals surface area (Å²) in [5, 5.41) is 14.6. The molecule has 2 aliphatic rings.